The number of nitrogens with zero attached hydrogens (tertiary/aromatic N) is 2. The van der Waals surface area contributed by atoms with Gasteiger partial charge in [-0.05, 0) is 17.9 Å². The lowest BCUT2D eigenvalue weighted by molar-refractivity contribution is -0.384. The molecule has 112 valence electrons. The second-order valence-corrected chi connectivity index (χ2v) is 4.99. The minimum Gasteiger partial charge on any atom is -0.396 e. The first-order chi connectivity index (χ1) is 10.5. The number of non-ortho nitro benzene ring substituents is 1. The van der Waals surface area contributed by atoms with Gasteiger partial charge in [-0.2, -0.15) is 0 Å². The fourth-order valence-corrected chi connectivity index (χ4v) is 2.68. The van der Waals surface area contributed by atoms with Gasteiger partial charge in [0.15, 0.2) is 0 Å². The number of carbonyl (C=O) groups excluding carboxylic acids is 2. The molecule has 7 nitrogen and oxygen atoms in total. The summed E-state index contributed by atoms with van der Waals surface area (Å²) >= 11 is 0. The number of aliphatic hydroxyl groups is 1. The summed E-state index contributed by atoms with van der Waals surface area (Å²) < 4.78 is 0. The third-order valence-electron chi connectivity index (χ3n) is 3.66. The molecule has 2 aromatic carbocycles. The third-order valence-corrected chi connectivity index (χ3v) is 3.66. The second kappa shape index (κ2) is 5.19. The molecule has 0 spiro atoms. The van der Waals surface area contributed by atoms with E-state index >= 15 is 0 Å². The molecule has 22 heavy (non-hydrogen) atoms. The van der Waals surface area contributed by atoms with E-state index in [0.717, 1.165) is 4.90 Å². The molecule has 1 heterocycles. The standard InChI is InChI=1S/C15H12N2O5/c18-6-2-5-16-14(19)11-4-1-3-9-7-10(17(21)22)8-12(13(9)11)15(16)20/h1,3-4,7-8,18H,2,5-6H2. The summed E-state index contributed by atoms with van der Waals surface area (Å²) in [4.78, 5) is 36.4. The van der Waals surface area contributed by atoms with Crippen LogP contribution in [0, 0.1) is 10.1 Å². The van der Waals surface area contributed by atoms with Crippen molar-refractivity contribution in [2.24, 2.45) is 0 Å². The van der Waals surface area contributed by atoms with Gasteiger partial charge in [-0.25, -0.2) is 0 Å². The van der Waals surface area contributed by atoms with E-state index < -0.39 is 16.7 Å². The average molecular weight is 300 g/mol. The number of rotatable bonds is 4. The molecule has 0 fully saturated rings. The predicted molar refractivity (Wildman–Crippen MR) is 77.7 cm³/mol. The highest BCUT2D eigenvalue weighted by Crippen LogP contribution is 2.33. The van der Waals surface area contributed by atoms with Gasteiger partial charge in [0.1, 0.15) is 0 Å². The first-order valence-electron chi connectivity index (χ1n) is 6.73. The van der Waals surface area contributed by atoms with Crippen molar-refractivity contribution in [3.63, 3.8) is 0 Å². The molecule has 0 aliphatic carbocycles. The summed E-state index contributed by atoms with van der Waals surface area (Å²) in [6, 6.07) is 7.42. The summed E-state index contributed by atoms with van der Waals surface area (Å²) in [6.45, 7) is -0.0737. The Balaban J connectivity index is 2.25. The number of nitro benzene ring substituents is 1. The molecule has 1 aliphatic rings. The van der Waals surface area contributed by atoms with Crippen LogP contribution in [0.2, 0.25) is 0 Å². The number of nitro groups is 1. The molecule has 0 saturated heterocycles. The van der Waals surface area contributed by atoms with Gasteiger partial charge in [0.05, 0.1) is 10.5 Å². The van der Waals surface area contributed by atoms with Crippen molar-refractivity contribution in [3.8, 4) is 0 Å². The van der Waals surface area contributed by atoms with E-state index in [2.05, 4.69) is 0 Å². The van der Waals surface area contributed by atoms with E-state index in [1.165, 1.54) is 12.1 Å². The van der Waals surface area contributed by atoms with Gasteiger partial charge in [0.25, 0.3) is 17.5 Å². The quantitative estimate of drug-likeness (QED) is 0.526. The van der Waals surface area contributed by atoms with Gasteiger partial charge in [-0.3, -0.25) is 24.6 Å². The molecule has 0 saturated carbocycles. The van der Waals surface area contributed by atoms with Gasteiger partial charge in [-0.15, -0.1) is 0 Å². The Morgan fingerprint density at radius 1 is 1.14 bits per heavy atom. The first kappa shape index (κ1) is 14.2. The Morgan fingerprint density at radius 3 is 2.55 bits per heavy atom. The van der Waals surface area contributed by atoms with Crippen molar-refractivity contribution in [2.75, 3.05) is 13.2 Å². The smallest absolute Gasteiger partial charge is 0.270 e. The highest BCUT2D eigenvalue weighted by atomic mass is 16.6. The highest BCUT2D eigenvalue weighted by molar-refractivity contribution is 6.25. The number of imide groups is 1. The number of amides is 2. The topological polar surface area (TPSA) is 101 Å². The maximum absolute atomic E-state index is 12.5. The van der Waals surface area contributed by atoms with Crippen LogP contribution in [0.4, 0.5) is 5.69 Å². The van der Waals surface area contributed by atoms with E-state index in [9.17, 15) is 19.7 Å². The average Bonchev–Trinajstić information content (AvgIpc) is 2.51. The van der Waals surface area contributed by atoms with Crippen LogP contribution in [0.25, 0.3) is 10.8 Å². The second-order valence-electron chi connectivity index (χ2n) is 4.99. The lowest BCUT2D eigenvalue weighted by atomic mass is 9.93. The van der Waals surface area contributed by atoms with Crippen molar-refractivity contribution < 1.29 is 19.6 Å². The van der Waals surface area contributed by atoms with E-state index in [1.54, 1.807) is 18.2 Å². The Hall–Kier alpha value is -2.80. The minimum absolute atomic E-state index is 0.0761. The number of carbonyl (C=O) groups is 2. The van der Waals surface area contributed by atoms with Gasteiger partial charge < -0.3 is 5.11 Å². The molecule has 0 atom stereocenters. The maximum Gasteiger partial charge on any atom is 0.270 e. The number of benzene rings is 2. The number of aliphatic hydroxyl groups excluding tert-OH is 1. The molecule has 1 aliphatic heterocycles. The monoisotopic (exact) mass is 300 g/mol. The summed E-state index contributed by atoms with van der Waals surface area (Å²) in [6.07, 6.45) is 0.262. The summed E-state index contributed by atoms with van der Waals surface area (Å²) in [5, 5.41) is 20.9. The van der Waals surface area contributed by atoms with Crippen molar-refractivity contribution in [1.29, 1.82) is 0 Å². The van der Waals surface area contributed by atoms with Crippen molar-refractivity contribution >= 4 is 28.3 Å². The fraction of sp³-hybridized carbons (Fsp3) is 0.200. The van der Waals surface area contributed by atoms with Crippen LogP contribution >= 0.6 is 0 Å². The van der Waals surface area contributed by atoms with Crippen LogP contribution in [0.5, 0.6) is 0 Å². The first-order valence-corrected chi connectivity index (χ1v) is 6.73. The molecule has 2 aromatic rings. The van der Waals surface area contributed by atoms with Gasteiger partial charge in [0, 0.05) is 36.2 Å². The summed E-state index contributed by atoms with van der Waals surface area (Å²) in [5.41, 5.74) is 0.307. The third kappa shape index (κ3) is 2.03. The Bertz CT molecular complexity index is 815. The van der Waals surface area contributed by atoms with Crippen LogP contribution in [0.3, 0.4) is 0 Å². The largest absolute Gasteiger partial charge is 0.396 e. The van der Waals surface area contributed by atoms with E-state index in [-0.39, 0.29) is 30.8 Å². The fourth-order valence-electron chi connectivity index (χ4n) is 2.68. The van der Waals surface area contributed by atoms with Crippen LogP contribution in [0.1, 0.15) is 27.1 Å². The Labute approximate surface area is 124 Å². The normalized spacial score (nSPS) is 13.8. The number of hydrogen-bond donors (Lipinski definition) is 1. The van der Waals surface area contributed by atoms with Crippen LogP contribution in [0.15, 0.2) is 30.3 Å². The molecule has 1 N–H and O–H groups in total. The van der Waals surface area contributed by atoms with E-state index in [0.29, 0.717) is 16.3 Å². The van der Waals surface area contributed by atoms with Crippen LogP contribution < -0.4 is 0 Å². The van der Waals surface area contributed by atoms with E-state index in [4.69, 9.17) is 5.11 Å². The lowest BCUT2D eigenvalue weighted by Gasteiger charge is -2.26. The Kier molecular flexibility index (Phi) is 3.34. The molecule has 0 unspecified atom stereocenters. The van der Waals surface area contributed by atoms with E-state index in [1.807, 2.05) is 0 Å². The van der Waals surface area contributed by atoms with Gasteiger partial charge in [0.2, 0.25) is 0 Å². The highest BCUT2D eigenvalue weighted by Gasteiger charge is 2.33. The zero-order chi connectivity index (χ0) is 15.9. The van der Waals surface area contributed by atoms with Crippen LogP contribution in [-0.4, -0.2) is 39.9 Å². The molecular weight excluding hydrogens is 288 g/mol. The zero-order valence-electron chi connectivity index (χ0n) is 11.5. The lowest BCUT2D eigenvalue weighted by Crippen LogP contribution is -2.41. The van der Waals surface area contributed by atoms with Crippen LogP contribution in [-0.2, 0) is 0 Å². The Morgan fingerprint density at radius 2 is 1.86 bits per heavy atom. The van der Waals surface area contributed by atoms with Crippen molar-refractivity contribution in [1.82, 2.24) is 4.90 Å². The van der Waals surface area contributed by atoms with Crippen molar-refractivity contribution in [3.05, 3.63) is 51.6 Å². The molecule has 0 aromatic heterocycles. The molecule has 3 rings (SSSR count). The zero-order valence-corrected chi connectivity index (χ0v) is 11.5. The molecule has 2 amide bonds. The summed E-state index contributed by atoms with van der Waals surface area (Å²) in [5.74, 6) is -1.00. The van der Waals surface area contributed by atoms with Gasteiger partial charge >= 0.3 is 0 Å². The maximum atomic E-state index is 12.5. The molecule has 0 radical (unpaired) electrons. The molecule has 7 heteroatoms. The molecule has 0 bridgehead atoms. The number of hydrogen-bond acceptors (Lipinski definition) is 5. The minimum atomic E-state index is -0.565. The summed E-state index contributed by atoms with van der Waals surface area (Å²) in [7, 11) is 0. The predicted octanol–water partition coefficient (Wildman–Crippen LogP) is 1.73. The van der Waals surface area contributed by atoms with Crippen molar-refractivity contribution in [2.45, 2.75) is 6.42 Å². The molecular formula is C15H12N2O5. The van der Waals surface area contributed by atoms with Gasteiger partial charge in [-0.1, -0.05) is 12.1 Å². The SMILES string of the molecule is O=C1c2cccc3cc([N+](=O)[O-])cc(c23)C(=O)N1CCCO.